The van der Waals surface area contributed by atoms with Gasteiger partial charge in [-0.1, -0.05) is 0 Å². The van der Waals surface area contributed by atoms with E-state index in [9.17, 15) is 13.2 Å². The molecule has 200 valence electrons. The maximum Gasteiger partial charge on any atom is 0.419 e. The third-order valence-corrected chi connectivity index (χ3v) is 6.81. The predicted octanol–water partition coefficient (Wildman–Crippen LogP) is 2.87. The minimum absolute atomic E-state index is 0.00296. The maximum absolute atomic E-state index is 15.4. The van der Waals surface area contributed by atoms with Gasteiger partial charge in [-0.2, -0.15) is 18.3 Å². The largest absolute Gasteiger partial charge is 0.419 e. The first-order valence-electron chi connectivity index (χ1n) is 11.9. The summed E-state index contributed by atoms with van der Waals surface area (Å²) in [5.41, 5.74) is 8.97. The number of piperazine rings is 1. The van der Waals surface area contributed by atoms with Crippen LogP contribution in [0.15, 0.2) is 35.6 Å². The summed E-state index contributed by atoms with van der Waals surface area (Å²) in [5.74, 6) is -0.536. The van der Waals surface area contributed by atoms with Gasteiger partial charge in [-0.3, -0.25) is 5.43 Å². The Morgan fingerprint density at radius 3 is 2.46 bits per heavy atom. The highest BCUT2D eigenvalue weighted by molar-refractivity contribution is 7.80. The summed E-state index contributed by atoms with van der Waals surface area (Å²) >= 11 is 4.79. The van der Waals surface area contributed by atoms with E-state index in [1.54, 1.807) is 11.0 Å². The minimum Gasteiger partial charge on any atom is -0.375 e. The molecule has 0 aliphatic carbocycles. The summed E-state index contributed by atoms with van der Waals surface area (Å²) in [4.78, 5) is 11.8. The third kappa shape index (κ3) is 6.21. The topological polar surface area (TPSA) is 76.3 Å². The van der Waals surface area contributed by atoms with Gasteiger partial charge in [0, 0.05) is 62.8 Å². The van der Waals surface area contributed by atoms with E-state index in [0.29, 0.717) is 30.4 Å². The smallest absolute Gasteiger partial charge is 0.375 e. The van der Waals surface area contributed by atoms with Crippen molar-refractivity contribution < 1.29 is 17.6 Å². The molecular formula is C24H30F4N8S. The fraction of sp³-hybridized carbons (Fsp3) is 0.458. The lowest BCUT2D eigenvalue weighted by molar-refractivity contribution is -0.137. The Bertz CT molecular complexity index is 1150. The molecule has 0 amide bonds. The number of pyridine rings is 1. The number of hydrogen-bond acceptors (Lipinski definition) is 7. The lowest BCUT2D eigenvalue weighted by Crippen LogP contribution is -2.47. The normalized spacial score (nSPS) is 18.8. The van der Waals surface area contributed by atoms with Crippen molar-refractivity contribution in [1.29, 1.82) is 0 Å². The average molecular weight is 539 g/mol. The molecule has 2 aliphatic rings. The molecule has 0 saturated carbocycles. The van der Waals surface area contributed by atoms with Crippen LogP contribution in [-0.4, -0.2) is 80.6 Å². The van der Waals surface area contributed by atoms with Crippen LogP contribution in [0.3, 0.4) is 0 Å². The molecule has 0 spiro atoms. The Balaban J connectivity index is 1.58. The van der Waals surface area contributed by atoms with Gasteiger partial charge in [0.25, 0.3) is 0 Å². The van der Waals surface area contributed by atoms with Gasteiger partial charge in [-0.25, -0.2) is 9.37 Å². The van der Waals surface area contributed by atoms with Crippen LogP contribution in [0.2, 0.25) is 0 Å². The summed E-state index contributed by atoms with van der Waals surface area (Å²) in [6.45, 7) is 2.83. The van der Waals surface area contributed by atoms with Crippen LogP contribution < -0.4 is 25.9 Å². The number of likely N-dealkylation sites (N-methyl/N-ethyl adjacent to an activating group) is 1. The molecule has 3 N–H and O–H groups in total. The lowest BCUT2D eigenvalue weighted by Gasteiger charge is -2.38. The Labute approximate surface area is 218 Å². The highest BCUT2D eigenvalue weighted by Gasteiger charge is 2.36. The monoisotopic (exact) mass is 538 g/mol. The van der Waals surface area contributed by atoms with Crippen molar-refractivity contribution in [1.82, 2.24) is 15.3 Å². The van der Waals surface area contributed by atoms with Crippen LogP contribution in [0.4, 0.5) is 34.8 Å². The molecule has 0 radical (unpaired) electrons. The van der Waals surface area contributed by atoms with Crippen molar-refractivity contribution in [3.8, 4) is 0 Å². The van der Waals surface area contributed by atoms with Gasteiger partial charge in [-0.15, -0.1) is 0 Å². The summed E-state index contributed by atoms with van der Waals surface area (Å²) in [7, 11) is 4.06. The second kappa shape index (κ2) is 11.1. The molecule has 2 aliphatic heterocycles. The Kier molecular flexibility index (Phi) is 8.02. The Morgan fingerprint density at radius 2 is 1.84 bits per heavy atom. The zero-order chi connectivity index (χ0) is 26.7. The van der Waals surface area contributed by atoms with Gasteiger partial charge in [0.2, 0.25) is 0 Å². The number of halogens is 4. The first-order valence-corrected chi connectivity index (χ1v) is 12.3. The number of benzene rings is 1. The molecular weight excluding hydrogens is 508 g/mol. The predicted molar refractivity (Wildman–Crippen MR) is 142 cm³/mol. The van der Waals surface area contributed by atoms with Crippen molar-refractivity contribution in [3.63, 3.8) is 0 Å². The summed E-state index contributed by atoms with van der Waals surface area (Å²) in [6, 6.07) is 5.89. The van der Waals surface area contributed by atoms with E-state index in [-0.39, 0.29) is 24.0 Å². The Morgan fingerprint density at radius 1 is 1.14 bits per heavy atom. The average Bonchev–Trinajstić information content (AvgIpc) is 3.34. The molecule has 13 heteroatoms. The molecule has 3 heterocycles. The number of nitrogens with two attached hydrogens (primary N) is 1. The first kappa shape index (κ1) is 26.9. The minimum atomic E-state index is -4.50. The van der Waals surface area contributed by atoms with E-state index < -0.39 is 17.6 Å². The fourth-order valence-corrected chi connectivity index (χ4v) is 4.82. The number of nitrogens with one attached hydrogen (secondary N) is 1. The van der Waals surface area contributed by atoms with E-state index in [1.807, 2.05) is 19.0 Å². The van der Waals surface area contributed by atoms with Crippen molar-refractivity contribution in [3.05, 3.63) is 47.4 Å². The number of anilines is 3. The number of hydrazone groups is 1. The van der Waals surface area contributed by atoms with E-state index in [4.69, 9.17) is 18.0 Å². The highest BCUT2D eigenvalue weighted by Crippen LogP contribution is 2.36. The molecule has 1 unspecified atom stereocenters. The number of thiocarbonyl (C=S) groups is 1. The quantitative estimate of drug-likeness (QED) is 0.252. The van der Waals surface area contributed by atoms with E-state index in [1.165, 1.54) is 24.5 Å². The zero-order valence-corrected chi connectivity index (χ0v) is 21.5. The molecule has 1 aromatic carbocycles. The van der Waals surface area contributed by atoms with E-state index in [2.05, 4.69) is 25.3 Å². The SMILES string of the molecule is CN(C)C1CCN(c2cc(N3CCN(c4ncccc4C(F)(F)F)CC3)c(F)cc2C=NNC(N)=S)C1. The van der Waals surface area contributed by atoms with Gasteiger partial charge >= 0.3 is 6.18 Å². The van der Waals surface area contributed by atoms with Crippen LogP contribution >= 0.6 is 12.2 Å². The molecule has 8 nitrogen and oxygen atoms in total. The van der Waals surface area contributed by atoms with Crippen LogP contribution in [0.1, 0.15) is 17.5 Å². The molecule has 2 aromatic rings. The fourth-order valence-electron chi connectivity index (χ4n) is 4.76. The summed E-state index contributed by atoms with van der Waals surface area (Å²) in [5, 5.41) is 4.02. The molecule has 2 saturated heterocycles. The molecule has 1 aromatic heterocycles. The van der Waals surface area contributed by atoms with Gasteiger partial charge in [0.05, 0.1) is 17.5 Å². The van der Waals surface area contributed by atoms with Crippen LogP contribution in [0.25, 0.3) is 0 Å². The lowest BCUT2D eigenvalue weighted by atomic mass is 10.1. The van der Waals surface area contributed by atoms with Crippen molar-refractivity contribution in [2.24, 2.45) is 10.8 Å². The summed E-state index contributed by atoms with van der Waals surface area (Å²) < 4.78 is 55.8. The Hall–Kier alpha value is -3.19. The van der Waals surface area contributed by atoms with E-state index in [0.717, 1.165) is 31.3 Å². The van der Waals surface area contributed by atoms with Gasteiger partial charge in [0.15, 0.2) is 5.11 Å². The van der Waals surface area contributed by atoms with E-state index >= 15 is 4.39 Å². The second-order valence-corrected chi connectivity index (χ2v) is 9.74. The summed E-state index contributed by atoms with van der Waals surface area (Å²) in [6.07, 6.45) is -0.693. The standard InChI is InChI=1S/C24H30F4N8S/c1-33(2)17-5-7-36(15-17)20-13-21(19(25)12-16(20)14-31-32-23(29)37)34-8-10-35(11-9-34)22-18(24(26,27)28)4-3-6-30-22/h3-4,6,12-14,17H,5,7-11,15H2,1-2H3,(H3,29,32,37). The molecule has 4 rings (SSSR count). The zero-order valence-electron chi connectivity index (χ0n) is 20.7. The number of rotatable bonds is 6. The van der Waals surface area contributed by atoms with Gasteiger partial charge < -0.3 is 25.3 Å². The molecule has 0 bridgehead atoms. The van der Waals surface area contributed by atoms with Crippen LogP contribution in [-0.2, 0) is 6.18 Å². The van der Waals surface area contributed by atoms with Crippen molar-refractivity contribution in [2.45, 2.75) is 18.6 Å². The second-order valence-electron chi connectivity index (χ2n) is 9.30. The van der Waals surface area contributed by atoms with Crippen molar-refractivity contribution in [2.75, 3.05) is 68.1 Å². The van der Waals surface area contributed by atoms with Gasteiger partial charge in [0.1, 0.15) is 11.6 Å². The number of aromatic nitrogens is 1. The number of hydrogen-bond donors (Lipinski definition) is 2. The van der Waals surface area contributed by atoms with Crippen LogP contribution in [0, 0.1) is 5.82 Å². The first-order chi connectivity index (χ1) is 17.5. The van der Waals surface area contributed by atoms with Gasteiger partial charge in [-0.05, 0) is 57.0 Å². The molecule has 1 atom stereocenters. The third-order valence-electron chi connectivity index (χ3n) is 6.72. The maximum atomic E-state index is 15.4. The highest BCUT2D eigenvalue weighted by atomic mass is 32.1. The van der Waals surface area contributed by atoms with Crippen LogP contribution in [0.5, 0.6) is 0 Å². The molecule has 2 fully saturated rings. The number of nitrogens with zero attached hydrogens (tertiary/aromatic N) is 6. The number of alkyl halides is 3. The molecule has 37 heavy (non-hydrogen) atoms. The van der Waals surface area contributed by atoms with Crippen molar-refractivity contribution >= 4 is 40.7 Å².